The number of carbonyl (C=O) groups is 3. The summed E-state index contributed by atoms with van der Waals surface area (Å²) in [5.74, 6) is -1.12. The molecule has 2 heterocycles. The number of anilines is 3. The fraction of sp³-hybridized carbons (Fsp3) is 0.207. The Labute approximate surface area is 230 Å². The molecule has 0 spiro atoms. The van der Waals surface area contributed by atoms with Crippen LogP contribution in [-0.4, -0.2) is 34.0 Å². The molecule has 5 N–H and O–H groups in total. The van der Waals surface area contributed by atoms with Gasteiger partial charge in [-0.05, 0) is 69.2 Å². The lowest BCUT2D eigenvalue weighted by Gasteiger charge is -2.17. The van der Waals surface area contributed by atoms with E-state index in [1.165, 1.54) is 0 Å². The Balaban J connectivity index is 1.64. The largest absolute Gasteiger partial charge is 0.383 e. The van der Waals surface area contributed by atoms with Gasteiger partial charge in [0.1, 0.15) is 5.76 Å². The van der Waals surface area contributed by atoms with E-state index in [2.05, 4.69) is 20.9 Å². The topological polar surface area (TPSA) is 161 Å². The predicted molar refractivity (Wildman–Crippen MR) is 153 cm³/mol. The average Bonchev–Trinajstić information content (AvgIpc) is 3.16. The van der Waals surface area contributed by atoms with Gasteiger partial charge in [0.05, 0.1) is 16.8 Å². The number of aryl methyl sites for hydroxylation is 3. The van der Waals surface area contributed by atoms with Gasteiger partial charge in [0, 0.05) is 36.2 Å². The van der Waals surface area contributed by atoms with Crippen molar-refractivity contribution < 1.29 is 18.9 Å². The zero-order chi connectivity index (χ0) is 29.1. The first kappa shape index (κ1) is 27.8. The van der Waals surface area contributed by atoms with Crippen LogP contribution in [0, 0.1) is 20.8 Å². The molecule has 0 radical (unpaired) electrons. The van der Waals surface area contributed by atoms with Crippen molar-refractivity contribution in [2.24, 2.45) is 12.8 Å². The standard InChI is InChI=1S/C29H30N6O5/c1-6-31-24-21(27(37)33-19-12-10-18(11-13-19)23-17(4)40-35(5)29(23)39)14-15(2)32-25(24)28(38)34-22-9-7-8-20(16(22)3)26(30)36/h7-14,31H,6H2,1-5H3,(H2,30,36)(H,33,37)(H,34,38). The number of hydrogen-bond donors (Lipinski definition) is 4. The summed E-state index contributed by atoms with van der Waals surface area (Å²) in [4.78, 5) is 55.3. The number of pyridine rings is 1. The molecule has 0 saturated carbocycles. The molecule has 0 aliphatic carbocycles. The summed E-state index contributed by atoms with van der Waals surface area (Å²) in [6.07, 6.45) is 0. The van der Waals surface area contributed by atoms with E-state index in [0.717, 1.165) is 4.74 Å². The number of nitrogens with zero attached hydrogens (tertiary/aromatic N) is 2. The first-order valence-corrected chi connectivity index (χ1v) is 12.6. The first-order chi connectivity index (χ1) is 19.0. The van der Waals surface area contributed by atoms with Gasteiger partial charge in [0.15, 0.2) is 5.69 Å². The SMILES string of the molecule is CCNc1c(C(=O)Nc2ccc(-c3c(C)on(C)c3=O)cc2)cc(C)nc1C(=O)Nc1cccc(C(N)=O)c1C. The molecule has 4 rings (SSSR count). The van der Waals surface area contributed by atoms with Crippen LogP contribution in [0.25, 0.3) is 11.1 Å². The van der Waals surface area contributed by atoms with Crippen LogP contribution in [0.15, 0.2) is 57.8 Å². The number of nitrogens with two attached hydrogens (primary N) is 1. The molecule has 3 amide bonds. The smallest absolute Gasteiger partial charge is 0.290 e. The van der Waals surface area contributed by atoms with Crippen LogP contribution in [0.5, 0.6) is 0 Å². The Bertz CT molecular complexity index is 1680. The third-order valence-electron chi connectivity index (χ3n) is 6.37. The molecular formula is C29H30N6O5. The number of nitrogens with one attached hydrogen (secondary N) is 3. The highest BCUT2D eigenvalue weighted by molar-refractivity contribution is 6.14. The van der Waals surface area contributed by atoms with Crippen LogP contribution in [0.2, 0.25) is 0 Å². The maximum atomic E-state index is 13.4. The van der Waals surface area contributed by atoms with E-state index in [9.17, 15) is 19.2 Å². The van der Waals surface area contributed by atoms with Gasteiger partial charge >= 0.3 is 0 Å². The van der Waals surface area contributed by atoms with E-state index >= 15 is 0 Å². The second-order valence-electron chi connectivity index (χ2n) is 9.22. The number of rotatable bonds is 8. The summed E-state index contributed by atoms with van der Waals surface area (Å²) in [6.45, 7) is 7.34. The summed E-state index contributed by atoms with van der Waals surface area (Å²) in [6, 6.07) is 13.3. The highest BCUT2D eigenvalue weighted by Crippen LogP contribution is 2.26. The van der Waals surface area contributed by atoms with Crippen molar-refractivity contribution in [2.45, 2.75) is 27.7 Å². The summed E-state index contributed by atoms with van der Waals surface area (Å²) < 4.78 is 6.52. The summed E-state index contributed by atoms with van der Waals surface area (Å²) in [5, 5.41) is 8.72. The molecule has 4 aromatic rings. The molecule has 11 heteroatoms. The number of benzene rings is 2. The van der Waals surface area contributed by atoms with Gasteiger partial charge in [-0.3, -0.25) is 19.2 Å². The molecule has 0 bridgehead atoms. The lowest BCUT2D eigenvalue weighted by molar-refractivity contribution is 0.0993. The van der Waals surface area contributed by atoms with E-state index in [4.69, 9.17) is 10.3 Å². The van der Waals surface area contributed by atoms with E-state index < -0.39 is 17.7 Å². The molecule has 2 aromatic heterocycles. The Kier molecular flexibility index (Phi) is 7.85. The molecule has 206 valence electrons. The lowest BCUT2D eigenvalue weighted by atomic mass is 10.1. The van der Waals surface area contributed by atoms with Crippen LogP contribution in [0.3, 0.4) is 0 Å². The third-order valence-corrected chi connectivity index (χ3v) is 6.37. The van der Waals surface area contributed by atoms with Crippen molar-refractivity contribution in [3.8, 4) is 11.1 Å². The van der Waals surface area contributed by atoms with Crippen LogP contribution in [-0.2, 0) is 7.05 Å². The maximum Gasteiger partial charge on any atom is 0.290 e. The normalized spacial score (nSPS) is 10.7. The molecule has 0 aliphatic heterocycles. The number of aromatic nitrogens is 2. The van der Waals surface area contributed by atoms with Crippen molar-refractivity contribution in [1.82, 2.24) is 9.72 Å². The van der Waals surface area contributed by atoms with Crippen molar-refractivity contribution in [3.63, 3.8) is 0 Å². The Morgan fingerprint density at radius 1 is 0.975 bits per heavy atom. The molecule has 0 fully saturated rings. The second kappa shape index (κ2) is 11.3. The van der Waals surface area contributed by atoms with Crippen LogP contribution < -0.4 is 27.2 Å². The lowest BCUT2D eigenvalue weighted by Crippen LogP contribution is -2.23. The van der Waals surface area contributed by atoms with Crippen LogP contribution in [0.4, 0.5) is 17.1 Å². The summed E-state index contributed by atoms with van der Waals surface area (Å²) >= 11 is 0. The van der Waals surface area contributed by atoms with Crippen molar-refractivity contribution in [2.75, 3.05) is 22.5 Å². The summed E-state index contributed by atoms with van der Waals surface area (Å²) in [7, 11) is 1.54. The molecule has 2 aromatic carbocycles. The quantitative estimate of drug-likeness (QED) is 0.262. The van der Waals surface area contributed by atoms with Gasteiger partial charge in [-0.1, -0.05) is 18.2 Å². The van der Waals surface area contributed by atoms with Gasteiger partial charge < -0.3 is 26.2 Å². The van der Waals surface area contributed by atoms with Gasteiger partial charge in [-0.2, -0.15) is 4.74 Å². The highest BCUT2D eigenvalue weighted by atomic mass is 16.5. The Morgan fingerprint density at radius 3 is 2.27 bits per heavy atom. The van der Waals surface area contributed by atoms with E-state index in [-0.39, 0.29) is 28.1 Å². The molecule has 40 heavy (non-hydrogen) atoms. The molecule has 0 atom stereocenters. The number of primary amides is 1. The molecular weight excluding hydrogens is 512 g/mol. The van der Waals surface area contributed by atoms with E-state index in [1.807, 2.05) is 6.92 Å². The first-order valence-electron chi connectivity index (χ1n) is 12.6. The minimum absolute atomic E-state index is 0.0255. The van der Waals surface area contributed by atoms with Crippen molar-refractivity contribution in [3.05, 3.63) is 92.7 Å². The van der Waals surface area contributed by atoms with Crippen LogP contribution >= 0.6 is 0 Å². The zero-order valence-electron chi connectivity index (χ0n) is 22.8. The fourth-order valence-electron chi connectivity index (χ4n) is 4.44. The predicted octanol–water partition coefficient (Wildman–Crippen LogP) is 4.00. The molecule has 0 saturated heterocycles. The number of carbonyl (C=O) groups excluding carboxylic acids is 3. The minimum Gasteiger partial charge on any atom is -0.383 e. The Morgan fingerprint density at radius 2 is 1.68 bits per heavy atom. The van der Waals surface area contributed by atoms with E-state index in [1.54, 1.807) is 76.3 Å². The monoisotopic (exact) mass is 542 g/mol. The van der Waals surface area contributed by atoms with Crippen molar-refractivity contribution >= 4 is 34.8 Å². The summed E-state index contributed by atoms with van der Waals surface area (Å²) in [5.41, 5.74) is 8.98. The van der Waals surface area contributed by atoms with Gasteiger partial charge in [0.2, 0.25) is 5.91 Å². The van der Waals surface area contributed by atoms with Gasteiger partial charge in [0.25, 0.3) is 17.4 Å². The zero-order valence-corrected chi connectivity index (χ0v) is 22.8. The van der Waals surface area contributed by atoms with E-state index in [0.29, 0.717) is 46.1 Å². The minimum atomic E-state index is -0.607. The highest BCUT2D eigenvalue weighted by Gasteiger charge is 2.23. The third kappa shape index (κ3) is 5.48. The van der Waals surface area contributed by atoms with Crippen molar-refractivity contribution in [1.29, 1.82) is 0 Å². The van der Waals surface area contributed by atoms with Gasteiger partial charge in [-0.25, -0.2) is 4.98 Å². The number of amides is 3. The molecule has 0 unspecified atom stereocenters. The van der Waals surface area contributed by atoms with Gasteiger partial charge in [-0.15, -0.1) is 0 Å². The van der Waals surface area contributed by atoms with Crippen LogP contribution in [0.1, 0.15) is 55.1 Å². The second-order valence-corrected chi connectivity index (χ2v) is 9.22. The molecule has 11 nitrogen and oxygen atoms in total. The average molecular weight is 543 g/mol. The Hall–Kier alpha value is -5.19. The molecule has 0 aliphatic rings. The number of hydrogen-bond acceptors (Lipinski definition) is 7. The maximum absolute atomic E-state index is 13.4. The fourth-order valence-corrected chi connectivity index (χ4v) is 4.44.